The molecule has 23 heavy (non-hydrogen) atoms. The van der Waals surface area contributed by atoms with Crippen LogP contribution in [0.5, 0.6) is 5.75 Å². The monoisotopic (exact) mass is 329 g/mol. The van der Waals surface area contributed by atoms with Gasteiger partial charge in [0.25, 0.3) is 0 Å². The Bertz CT molecular complexity index is 864. The maximum Gasteiger partial charge on any atom is 0.165 e. The molecule has 1 aliphatic heterocycles. The Kier molecular flexibility index (Phi) is 3.61. The Labute approximate surface area is 137 Å². The lowest BCUT2D eigenvalue weighted by Gasteiger charge is -2.27. The van der Waals surface area contributed by atoms with E-state index in [1.807, 2.05) is 6.07 Å². The molecule has 1 aliphatic rings. The van der Waals surface area contributed by atoms with Crippen LogP contribution >= 0.6 is 11.3 Å². The van der Waals surface area contributed by atoms with Crippen molar-refractivity contribution < 1.29 is 9.13 Å². The minimum absolute atomic E-state index is 0.0162. The van der Waals surface area contributed by atoms with Crippen LogP contribution in [0.1, 0.15) is 29.8 Å². The molecule has 0 saturated carbocycles. The molecule has 118 valence electrons. The Morgan fingerprint density at radius 2 is 2.30 bits per heavy atom. The van der Waals surface area contributed by atoms with E-state index in [0.717, 1.165) is 34.4 Å². The Balaban J connectivity index is 1.72. The topological polar surface area (TPSA) is 47.0 Å². The van der Waals surface area contributed by atoms with Crippen molar-refractivity contribution in [3.63, 3.8) is 0 Å². The molecule has 1 N–H and O–H groups in total. The van der Waals surface area contributed by atoms with E-state index in [2.05, 4.69) is 28.3 Å². The standard InChI is InChI=1S/C17H16FN3OS/c1-2-10-8-12-16(19-9-20-17(12)23-10)21-14-6-7-22-15-11(14)4-3-5-13(15)18/h3-5,8-9,14H,2,6-7H2,1H3,(H,19,20,21)/t14-/m0/s1. The van der Waals surface area contributed by atoms with Gasteiger partial charge in [-0.05, 0) is 18.6 Å². The molecule has 6 heteroatoms. The van der Waals surface area contributed by atoms with Gasteiger partial charge in [-0.2, -0.15) is 0 Å². The first kappa shape index (κ1) is 14.4. The SMILES string of the molecule is CCc1cc2c(N[C@H]3CCOc4c(F)cccc43)ncnc2s1. The molecule has 1 atom stereocenters. The lowest BCUT2D eigenvalue weighted by atomic mass is 10.00. The summed E-state index contributed by atoms with van der Waals surface area (Å²) in [6.07, 6.45) is 3.32. The molecule has 0 bridgehead atoms. The molecule has 0 radical (unpaired) electrons. The molecular weight excluding hydrogens is 313 g/mol. The highest BCUT2D eigenvalue weighted by atomic mass is 32.1. The highest BCUT2D eigenvalue weighted by Crippen LogP contribution is 2.37. The van der Waals surface area contributed by atoms with Crippen molar-refractivity contribution in [3.05, 3.63) is 46.9 Å². The summed E-state index contributed by atoms with van der Waals surface area (Å²) in [5, 5.41) is 4.48. The molecule has 0 amide bonds. The predicted octanol–water partition coefficient (Wildman–Crippen LogP) is 4.33. The minimum atomic E-state index is -0.314. The fourth-order valence-electron chi connectivity index (χ4n) is 2.90. The van der Waals surface area contributed by atoms with Gasteiger partial charge in [0.05, 0.1) is 18.0 Å². The zero-order chi connectivity index (χ0) is 15.8. The average Bonchev–Trinajstić information content (AvgIpc) is 3.00. The number of nitrogens with zero attached hydrogens (tertiary/aromatic N) is 2. The van der Waals surface area contributed by atoms with E-state index in [0.29, 0.717) is 12.4 Å². The Morgan fingerprint density at radius 1 is 1.39 bits per heavy atom. The van der Waals surface area contributed by atoms with Crippen LogP contribution in [-0.4, -0.2) is 16.6 Å². The summed E-state index contributed by atoms with van der Waals surface area (Å²) >= 11 is 1.69. The first-order valence-electron chi connectivity index (χ1n) is 7.67. The number of rotatable bonds is 3. The average molecular weight is 329 g/mol. The fraction of sp³-hybridized carbons (Fsp3) is 0.294. The molecule has 4 nitrogen and oxygen atoms in total. The van der Waals surface area contributed by atoms with E-state index in [-0.39, 0.29) is 11.9 Å². The van der Waals surface area contributed by atoms with Crippen molar-refractivity contribution in [3.8, 4) is 5.75 Å². The summed E-state index contributed by atoms with van der Waals surface area (Å²) < 4.78 is 19.4. The van der Waals surface area contributed by atoms with Crippen molar-refractivity contribution in [1.29, 1.82) is 0 Å². The summed E-state index contributed by atoms with van der Waals surface area (Å²) in [5.41, 5.74) is 0.842. The zero-order valence-electron chi connectivity index (χ0n) is 12.7. The molecular formula is C17H16FN3OS. The number of hydrogen-bond acceptors (Lipinski definition) is 5. The number of halogens is 1. The number of nitrogens with one attached hydrogen (secondary N) is 1. The van der Waals surface area contributed by atoms with Crippen LogP contribution in [0.4, 0.5) is 10.2 Å². The third-order valence-electron chi connectivity index (χ3n) is 4.07. The lowest BCUT2D eigenvalue weighted by Crippen LogP contribution is -2.21. The van der Waals surface area contributed by atoms with E-state index in [9.17, 15) is 4.39 Å². The number of aromatic nitrogens is 2. The van der Waals surface area contributed by atoms with Crippen LogP contribution in [0.25, 0.3) is 10.2 Å². The van der Waals surface area contributed by atoms with Gasteiger partial charge in [0.2, 0.25) is 0 Å². The number of fused-ring (bicyclic) bond motifs is 2. The second kappa shape index (κ2) is 5.77. The number of anilines is 1. The van der Waals surface area contributed by atoms with Crippen LogP contribution in [0.3, 0.4) is 0 Å². The van der Waals surface area contributed by atoms with Crippen LogP contribution in [0, 0.1) is 5.82 Å². The Hall–Kier alpha value is -2.21. The van der Waals surface area contributed by atoms with Gasteiger partial charge < -0.3 is 10.1 Å². The highest BCUT2D eigenvalue weighted by Gasteiger charge is 2.24. The number of ether oxygens (including phenoxy) is 1. The molecule has 0 spiro atoms. The second-order valence-corrected chi connectivity index (χ2v) is 6.61. The van der Waals surface area contributed by atoms with Gasteiger partial charge >= 0.3 is 0 Å². The van der Waals surface area contributed by atoms with Gasteiger partial charge in [0.15, 0.2) is 11.6 Å². The summed E-state index contributed by atoms with van der Waals surface area (Å²) in [6.45, 7) is 2.62. The van der Waals surface area contributed by atoms with Crippen molar-refractivity contribution in [1.82, 2.24) is 9.97 Å². The van der Waals surface area contributed by atoms with E-state index < -0.39 is 0 Å². The molecule has 4 rings (SSSR count). The second-order valence-electron chi connectivity index (χ2n) is 5.50. The minimum Gasteiger partial charge on any atom is -0.490 e. The molecule has 0 saturated heterocycles. The normalized spacial score (nSPS) is 16.9. The maximum absolute atomic E-state index is 13.9. The maximum atomic E-state index is 13.9. The lowest BCUT2D eigenvalue weighted by molar-refractivity contribution is 0.260. The quantitative estimate of drug-likeness (QED) is 0.777. The number of hydrogen-bond donors (Lipinski definition) is 1. The van der Waals surface area contributed by atoms with Crippen molar-refractivity contribution in [2.45, 2.75) is 25.8 Å². The summed E-state index contributed by atoms with van der Waals surface area (Å²) in [6, 6.07) is 7.16. The van der Waals surface area contributed by atoms with E-state index in [1.54, 1.807) is 23.7 Å². The van der Waals surface area contributed by atoms with E-state index in [4.69, 9.17) is 4.74 Å². The fourth-order valence-corrected chi connectivity index (χ4v) is 3.83. The summed E-state index contributed by atoms with van der Waals surface area (Å²) in [5.74, 6) is 0.833. The molecule has 1 aromatic carbocycles. The number of para-hydroxylation sites is 1. The Morgan fingerprint density at radius 3 is 3.17 bits per heavy atom. The number of aryl methyl sites for hydroxylation is 1. The predicted molar refractivity (Wildman–Crippen MR) is 89.7 cm³/mol. The van der Waals surface area contributed by atoms with Crippen LogP contribution < -0.4 is 10.1 Å². The first-order chi connectivity index (χ1) is 11.3. The van der Waals surface area contributed by atoms with Gasteiger partial charge in [-0.3, -0.25) is 0 Å². The van der Waals surface area contributed by atoms with Crippen LogP contribution in [-0.2, 0) is 6.42 Å². The van der Waals surface area contributed by atoms with Crippen molar-refractivity contribution >= 4 is 27.4 Å². The third kappa shape index (κ3) is 2.53. The van der Waals surface area contributed by atoms with Gasteiger partial charge in [-0.15, -0.1) is 11.3 Å². The molecule has 3 aromatic rings. The molecule has 2 aromatic heterocycles. The first-order valence-corrected chi connectivity index (χ1v) is 8.49. The zero-order valence-corrected chi connectivity index (χ0v) is 13.5. The highest BCUT2D eigenvalue weighted by molar-refractivity contribution is 7.18. The number of thiophene rings is 1. The smallest absolute Gasteiger partial charge is 0.165 e. The van der Waals surface area contributed by atoms with Crippen LogP contribution in [0.2, 0.25) is 0 Å². The van der Waals surface area contributed by atoms with Crippen molar-refractivity contribution in [2.24, 2.45) is 0 Å². The number of benzene rings is 1. The third-order valence-corrected chi connectivity index (χ3v) is 5.25. The molecule has 0 unspecified atom stereocenters. The van der Waals surface area contributed by atoms with Gasteiger partial charge in [-0.1, -0.05) is 19.1 Å². The molecule has 3 heterocycles. The summed E-state index contributed by atoms with van der Waals surface area (Å²) in [4.78, 5) is 11.0. The largest absolute Gasteiger partial charge is 0.490 e. The van der Waals surface area contributed by atoms with Gasteiger partial charge in [0.1, 0.15) is 17.0 Å². The van der Waals surface area contributed by atoms with Crippen molar-refractivity contribution in [2.75, 3.05) is 11.9 Å². The summed E-state index contributed by atoms with van der Waals surface area (Å²) in [7, 11) is 0. The van der Waals surface area contributed by atoms with Gasteiger partial charge in [0, 0.05) is 16.9 Å². The molecule has 0 aliphatic carbocycles. The molecule has 0 fully saturated rings. The van der Waals surface area contributed by atoms with Crippen LogP contribution in [0.15, 0.2) is 30.6 Å². The van der Waals surface area contributed by atoms with E-state index in [1.165, 1.54) is 10.9 Å². The van der Waals surface area contributed by atoms with Gasteiger partial charge in [-0.25, -0.2) is 14.4 Å². The van der Waals surface area contributed by atoms with E-state index >= 15 is 0 Å².